The molecule has 2 aliphatic heterocycles. The number of rotatable bonds is 2. The van der Waals surface area contributed by atoms with Gasteiger partial charge in [0.1, 0.15) is 0 Å². The van der Waals surface area contributed by atoms with E-state index >= 15 is 0 Å². The van der Waals surface area contributed by atoms with Gasteiger partial charge >= 0.3 is 0 Å². The lowest BCUT2D eigenvalue weighted by Gasteiger charge is -2.39. The third-order valence-corrected chi connectivity index (χ3v) is 4.29. The van der Waals surface area contributed by atoms with Gasteiger partial charge in [-0.15, -0.1) is 0 Å². The van der Waals surface area contributed by atoms with Crippen molar-refractivity contribution in [1.29, 1.82) is 0 Å². The highest BCUT2D eigenvalue weighted by Gasteiger charge is 2.34. The Bertz CT molecular complexity index is 491. The number of halogens is 2. The molecule has 1 N–H and O–H groups in total. The van der Waals surface area contributed by atoms with Crippen molar-refractivity contribution < 1.29 is 13.6 Å². The van der Waals surface area contributed by atoms with Crippen molar-refractivity contribution in [2.24, 2.45) is 5.92 Å². The van der Waals surface area contributed by atoms with Gasteiger partial charge in [-0.25, -0.2) is 8.78 Å². The van der Waals surface area contributed by atoms with Crippen LogP contribution in [0.3, 0.4) is 0 Å². The summed E-state index contributed by atoms with van der Waals surface area (Å²) in [5.41, 5.74) is 0.295. The Balaban J connectivity index is 1.78. The highest BCUT2D eigenvalue weighted by Crippen LogP contribution is 2.31. The van der Waals surface area contributed by atoms with Crippen molar-refractivity contribution in [3.8, 4) is 0 Å². The summed E-state index contributed by atoms with van der Waals surface area (Å²) in [7, 11) is 0. The van der Waals surface area contributed by atoms with Crippen LogP contribution in [0.15, 0.2) is 18.2 Å². The SMILES string of the molecule is O=C(c1ccc(F)c(F)c1)C1CC2CCCC(C1)N2. The van der Waals surface area contributed by atoms with E-state index in [0.717, 1.165) is 37.8 Å². The van der Waals surface area contributed by atoms with Crippen LogP contribution < -0.4 is 5.32 Å². The lowest BCUT2D eigenvalue weighted by molar-refractivity contribution is 0.0824. The molecule has 2 atom stereocenters. The summed E-state index contributed by atoms with van der Waals surface area (Å²) in [5.74, 6) is -1.95. The second-order valence-corrected chi connectivity index (χ2v) is 5.65. The number of benzene rings is 1. The molecular formula is C15H17F2NO. The van der Waals surface area contributed by atoms with E-state index in [0.29, 0.717) is 17.6 Å². The third kappa shape index (κ3) is 2.54. The third-order valence-electron chi connectivity index (χ3n) is 4.29. The van der Waals surface area contributed by atoms with E-state index < -0.39 is 11.6 Å². The van der Waals surface area contributed by atoms with Gasteiger partial charge in [0, 0.05) is 23.6 Å². The molecule has 2 unspecified atom stereocenters. The van der Waals surface area contributed by atoms with Gasteiger partial charge in [0.15, 0.2) is 17.4 Å². The molecule has 2 nitrogen and oxygen atoms in total. The van der Waals surface area contributed by atoms with Crippen molar-refractivity contribution in [2.75, 3.05) is 0 Å². The molecule has 0 saturated carbocycles. The fraction of sp³-hybridized carbons (Fsp3) is 0.533. The first-order valence-electron chi connectivity index (χ1n) is 6.89. The van der Waals surface area contributed by atoms with Crippen LogP contribution in [0.2, 0.25) is 0 Å². The summed E-state index contributed by atoms with van der Waals surface area (Å²) in [4.78, 5) is 12.4. The van der Waals surface area contributed by atoms with Crippen molar-refractivity contribution in [3.05, 3.63) is 35.4 Å². The molecule has 1 aromatic rings. The molecule has 4 heteroatoms. The van der Waals surface area contributed by atoms with Crippen molar-refractivity contribution in [3.63, 3.8) is 0 Å². The number of ketones is 1. The number of fused-ring (bicyclic) bond motifs is 2. The summed E-state index contributed by atoms with van der Waals surface area (Å²) in [5, 5.41) is 3.52. The number of piperidine rings is 2. The van der Waals surface area contributed by atoms with E-state index in [1.807, 2.05) is 0 Å². The molecular weight excluding hydrogens is 248 g/mol. The zero-order valence-corrected chi connectivity index (χ0v) is 10.7. The van der Waals surface area contributed by atoms with Crippen LogP contribution in [-0.4, -0.2) is 17.9 Å². The summed E-state index contributed by atoms with van der Waals surface area (Å²) < 4.78 is 26.1. The second-order valence-electron chi connectivity index (χ2n) is 5.65. The predicted octanol–water partition coefficient (Wildman–Crippen LogP) is 3.07. The number of carbonyl (C=O) groups is 1. The van der Waals surface area contributed by atoms with Gasteiger partial charge in [-0.1, -0.05) is 6.42 Å². The molecule has 0 spiro atoms. The summed E-state index contributed by atoms with van der Waals surface area (Å²) in [6.07, 6.45) is 5.06. The number of nitrogens with one attached hydrogen (secondary N) is 1. The highest BCUT2D eigenvalue weighted by molar-refractivity contribution is 5.98. The van der Waals surface area contributed by atoms with Crippen molar-refractivity contribution in [1.82, 2.24) is 5.32 Å². The molecule has 1 aromatic carbocycles. The Hall–Kier alpha value is -1.29. The minimum absolute atomic E-state index is 0.0442. The fourth-order valence-corrected chi connectivity index (χ4v) is 3.36. The van der Waals surface area contributed by atoms with Crippen LogP contribution >= 0.6 is 0 Å². The zero-order valence-electron chi connectivity index (χ0n) is 10.7. The van der Waals surface area contributed by atoms with Crippen LogP contribution in [0.4, 0.5) is 8.78 Å². The van der Waals surface area contributed by atoms with Gasteiger partial charge < -0.3 is 5.32 Å². The first kappa shape index (κ1) is 12.7. The average Bonchev–Trinajstić information content (AvgIpc) is 2.40. The Kier molecular flexibility index (Phi) is 3.35. The lowest BCUT2D eigenvalue weighted by atomic mass is 9.77. The maximum absolute atomic E-state index is 13.2. The minimum atomic E-state index is -0.944. The molecule has 2 fully saturated rings. The van der Waals surface area contributed by atoms with E-state index in [1.54, 1.807) is 0 Å². The second kappa shape index (κ2) is 5.00. The molecule has 3 rings (SSSR count). The Morgan fingerprint density at radius 1 is 1.11 bits per heavy atom. The van der Waals surface area contributed by atoms with E-state index in [2.05, 4.69) is 5.32 Å². The first-order valence-corrected chi connectivity index (χ1v) is 6.89. The van der Waals surface area contributed by atoms with Gasteiger partial charge in [0.25, 0.3) is 0 Å². The van der Waals surface area contributed by atoms with E-state index in [4.69, 9.17) is 0 Å². The topological polar surface area (TPSA) is 29.1 Å². The van der Waals surface area contributed by atoms with Crippen LogP contribution in [0.25, 0.3) is 0 Å². The number of Topliss-reactive ketones (excluding diaryl/α,β-unsaturated/α-hetero) is 1. The summed E-state index contributed by atoms with van der Waals surface area (Å²) in [6, 6.07) is 4.26. The Morgan fingerprint density at radius 2 is 1.79 bits per heavy atom. The molecule has 2 aliphatic rings. The zero-order chi connectivity index (χ0) is 13.4. The quantitative estimate of drug-likeness (QED) is 0.833. The number of hydrogen-bond acceptors (Lipinski definition) is 2. The number of hydrogen-bond donors (Lipinski definition) is 1. The van der Waals surface area contributed by atoms with Gasteiger partial charge in [0.05, 0.1) is 0 Å². The summed E-state index contributed by atoms with van der Waals surface area (Å²) in [6.45, 7) is 0. The van der Waals surface area contributed by atoms with E-state index in [9.17, 15) is 13.6 Å². The molecule has 0 aromatic heterocycles. The maximum atomic E-state index is 13.2. The van der Waals surface area contributed by atoms with E-state index in [-0.39, 0.29) is 11.7 Å². The summed E-state index contributed by atoms with van der Waals surface area (Å²) >= 11 is 0. The van der Waals surface area contributed by atoms with Crippen molar-refractivity contribution >= 4 is 5.78 Å². The largest absolute Gasteiger partial charge is 0.311 e. The van der Waals surface area contributed by atoms with Crippen LogP contribution in [0.5, 0.6) is 0 Å². The average molecular weight is 265 g/mol. The predicted molar refractivity (Wildman–Crippen MR) is 68.0 cm³/mol. The van der Waals surface area contributed by atoms with Gasteiger partial charge in [0.2, 0.25) is 0 Å². The van der Waals surface area contributed by atoms with Crippen LogP contribution in [0.1, 0.15) is 42.5 Å². The normalized spacial score (nSPS) is 30.1. The highest BCUT2D eigenvalue weighted by atomic mass is 19.2. The fourth-order valence-electron chi connectivity index (χ4n) is 3.36. The maximum Gasteiger partial charge on any atom is 0.166 e. The molecule has 2 bridgehead atoms. The standard InChI is InChI=1S/C15H17F2NO/c16-13-5-4-9(8-14(13)17)15(19)10-6-11-2-1-3-12(7-10)18-11/h4-5,8,10-12,18H,1-3,6-7H2. The lowest BCUT2D eigenvalue weighted by Crippen LogP contribution is -2.50. The van der Waals surface area contributed by atoms with Crippen LogP contribution in [0, 0.1) is 17.6 Å². The monoisotopic (exact) mass is 265 g/mol. The smallest absolute Gasteiger partial charge is 0.166 e. The first-order chi connectivity index (χ1) is 9.13. The Labute approximate surface area is 111 Å². The van der Waals surface area contributed by atoms with Crippen LogP contribution in [-0.2, 0) is 0 Å². The van der Waals surface area contributed by atoms with E-state index in [1.165, 1.54) is 12.5 Å². The molecule has 2 heterocycles. The van der Waals surface area contributed by atoms with Gasteiger partial charge in [-0.2, -0.15) is 0 Å². The molecule has 2 saturated heterocycles. The van der Waals surface area contributed by atoms with Gasteiger partial charge in [-0.05, 0) is 43.9 Å². The number of carbonyl (C=O) groups excluding carboxylic acids is 1. The molecule has 0 radical (unpaired) electrons. The molecule has 19 heavy (non-hydrogen) atoms. The van der Waals surface area contributed by atoms with Gasteiger partial charge in [-0.3, -0.25) is 4.79 Å². The molecule has 0 aliphatic carbocycles. The molecule has 0 amide bonds. The van der Waals surface area contributed by atoms with Crippen molar-refractivity contribution in [2.45, 2.75) is 44.2 Å². The molecule has 102 valence electrons. The Morgan fingerprint density at radius 3 is 2.42 bits per heavy atom. The minimum Gasteiger partial charge on any atom is -0.311 e.